The van der Waals surface area contributed by atoms with Crippen LogP contribution in [0, 0.1) is 10.1 Å². The number of hydrogen-bond donors (Lipinski definition) is 1. The molecule has 1 aliphatic carbocycles. The molecule has 1 aliphatic heterocycles. The number of carbonyl (C=O) groups excluding carboxylic acids is 1. The van der Waals surface area contributed by atoms with Gasteiger partial charge in [-0.15, -0.1) is 0 Å². The van der Waals surface area contributed by atoms with Gasteiger partial charge in [-0.05, 0) is 18.9 Å². The molecule has 24 heavy (non-hydrogen) atoms. The number of phenols is 1. The Morgan fingerprint density at radius 2 is 1.96 bits per heavy atom. The van der Waals surface area contributed by atoms with Crippen LogP contribution in [0.15, 0.2) is 18.2 Å². The van der Waals surface area contributed by atoms with Crippen LogP contribution in [-0.4, -0.2) is 46.1 Å². The summed E-state index contributed by atoms with van der Waals surface area (Å²) in [6, 6.07) is 4.05. The van der Waals surface area contributed by atoms with Crippen LogP contribution < -0.4 is 0 Å². The van der Waals surface area contributed by atoms with Crippen molar-refractivity contribution in [2.45, 2.75) is 44.1 Å². The lowest BCUT2D eigenvalue weighted by molar-refractivity contribution is -0.385. The van der Waals surface area contributed by atoms with Crippen LogP contribution in [0.25, 0.3) is 0 Å². The predicted molar refractivity (Wildman–Crippen MR) is 87.0 cm³/mol. The molecule has 1 aromatic rings. The van der Waals surface area contributed by atoms with E-state index in [9.17, 15) is 20.0 Å². The molecule has 1 heterocycles. The van der Waals surface area contributed by atoms with Crippen molar-refractivity contribution >= 4 is 11.6 Å². The number of hydrogen-bond acceptors (Lipinski definition) is 5. The minimum absolute atomic E-state index is 0.0186. The molecular weight excluding hydrogens is 312 g/mol. The molecule has 130 valence electrons. The van der Waals surface area contributed by atoms with Gasteiger partial charge in [0.15, 0.2) is 0 Å². The molecule has 7 nitrogen and oxygen atoms in total. The Bertz CT molecular complexity index is 638. The number of aromatic hydroxyl groups is 1. The van der Waals surface area contributed by atoms with Crippen LogP contribution in [0.2, 0.25) is 0 Å². The highest BCUT2D eigenvalue weighted by Crippen LogP contribution is 2.35. The maximum Gasteiger partial charge on any atom is 0.311 e. The Labute approximate surface area is 140 Å². The summed E-state index contributed by atoms with van der Waals surface area (Å²) in [4.78, 5) is 24.7. The lowest BCUT2D eigenvalue weighted by atomic mass is 9.92. The fourth-order valence-electron chi connectivity index (χ4n) is 3.72. The Hall–Kier alpha value is -2.15. The van der Waals surface area contributed by atoms with Crippen LogP contribution in [-0.2, 0) is 4.74 Å². The van der Waals surface area contributed by atoms with Gasteiger partial charge in [0.05, 0.1) is 29.2 Å². The molecule has 1 aromatic carbocycles. The minimum Gasteiger partial charge on any atom is -0.502 e. The highest BCUT2D eigenvalue weighted by atomic mass is 16.6. The predicted octanol–water partition coefficient (Wildman–Crippen LogP) is 2.87. The average Bonchev–Trinajstić information content (AvgIpc) is 2.79. The van der Waals surface area contributed by atoms with Crippen molar-refractivity contribution in [3.05, 3.63) is 33.9 Å². The SMILES string of the molecule is O=C(c1cccc([N+](=O)[O-])c1O)N1CCOC2(CCCCCC2)C1. The minimum atomic E-state index is -0.682. The highest BCUT2D eigenvalue weighted by Gasteiger charge is 2.39. The molecule has 1 amide bonds. The monoisotopic (exact) mass is 334 g/mol. The van der Waals surface area contributed by atoms with Gasteiger partial charge in [0, 0.05) is 12.6 Å². The number of nitro groups is 1. The zero-order valence-electron chi connectivity index (χ0n) is 13.6. The Morgan fingerprint density at radius 3 is 2.62 bits per heavy atom. The fraction of sp³-hybridized carbons (Fsp3) is 0.588. The first-order chi connectivity index (χ1) is 11.5. The number of para-hydroxylation sites is 1. The molecule has 1 saturated heterocycles. The van der Waals surface area contributed by atoms with E-state index in [0.717, 1.165) is 25.7 Å². The van der Waals surface area contributed by atoms with Crippen LogP contribution >= 0.6 is 0 Å². The van der Waals surface area contributed by atoms with Crippen LogP contribution in [0.3, 0.4) is 0 Å². The molecule has 1 saturated carbocycles. The molecule has 1 N–H and O–H groups in total. The van der Waals surface area contributed by atoms with Crippen molar-refractivity contribution in [1.82, 2.24) is 4.90 Å². The molecule has 2 fully saturated rings. The number of nitrogens with zero attached hydrogens (tertiary/aromatic N) is 2. The second-order valence-electron chi connectivity index (χ2n) is 6.60. The first kappa shape index (κ1) is 16.7. The molecule has 0 aromatic heterocycles. The average molecular weight is 334 g/mol. The van der Waals surface area contributed by atoms with E-state index in [1.807, 2.05) is 0 Å². The number of nitro benzene ring substituents is 1. The van der Waals surface area contributed by atoms with Crippen LogP contribution in [0.1, 0.15) is 48.9 Å². The zero-order valence-corrected chi connectivity index (χ0v) is 13.6. The summed E-state index contributed by atoms with van der Waals surface area (Å²) in [6.45, 7) is 1.37. The summed E-state index contributed by atoms with van der Waals surface area (Å²) in [5, 5.41) is 21.0. The van der Waals surface area contributed by atoms with E-state index in [1.54, 1.807) is 4.90 Å². The normalized spacial score (nSPS) is 20.6. The zero-order chi connectivity index (χ0) is 17.2. The van der Waals surface area contributed by atoms with Crippen molar-refractivity contribution in [3.63, 3.8) is 0 Å². The maximum absolute atomic E-state index is 12.8. The highest BCUT2D eigenvalue weighted by molar-refractivity contribution is 5.98. The molecule has 0 atom stereocenters. The van der Waals surface area contributed by atoms with E-state index < -0.39 is 16.4 Å². The summed E-state index contributed by atoms with van der Waals surface area (Å²) in [5.41, 5.74) is -0.769. The Morgan fingerprint density at radius 1 is 1.25 bits per heavy atom. The summed E-state index contributed by atoms with van der Waals surface area (Å²) >= 11 is 0. The smallest absolute Gasteiger partial charge is 0.311 e. The lowest BCUT2D eigenvalue weighted by Crippen LogP contribution is -2.53. The van der Waals surface area contributed by atoms with Gasteiger partial charge in [0.25, 0.3) is 5.91 Å². The van der Waals surface area contributed by atoms with E-state index in [4.69, 9.17) is 4.74 Å². The van der Waals surface area contributed by atoms with E-state index >= 15 is 0 Å². The molecular formula is C17H22N2O5. The topological polar surface area (TPSA) is 92.9 Å². The summed E-state index contributed by atoms with van der Waals surface area (Å²) < 4.78 is 6.03. The molecule has 0 radical (unpaired) electrons. The van der Waals surface area contributed by atoms with Gasteiger partial charge in [0.1, 0.15) is 0 Å². The van der Waals surface area contributed by atoms with Crippen molar-refractivity contribution in [2.24, 2.45) is 0 Å². The summed E-state index contributed by atoms with van der Waals surface area (Å²) in [7, 11) is 0. The molecule has 0 bridgehead atoms. The van der Waals surface area contributed by atoms with Crippen molar-refractivity contribution in [2.75, 3.05) is 19.7 Å². The maximum atomic E-state index is 12.8. The molecule has 3 rings (SSSR count). The van der Waals surface area contributed by atoms with Gasteiger partial charge in [-0.25, -0.2) is 0 Å². The van der Waals surface area contributed by atoms with Crippen molar-refractivity contribution in [3.8, 4) is 5.75 Å². The van der Waals surface area contributed by atoms with E-state index in [0.29, 0.717) is 19.7 Å². The second-order valence-corrected chi connectivity index (χ2v) is 6.60. The number of phenolic OH excluding ortho intramolecular Hbond substituents is 1. The van der Waals surface area contributed by atoms with Gasteiger partial charge in [-0.3, -0.25) is 14.9 Å². The summed E-state index contributed by atoms with van der Waals surface area (Å²) in [5.74, 6) is -0.933. The van der Waals surface area contributed by atoms with Crippen molar-refractivity contribution in [1.29, 1.82) is 0 Å². The Kier molecular flexibility index (Phi) is 4.71. The number of amides is 1. The number of ether oxygens (including phenoxy) is 1. The van der Waals surface area contributed by atoms with Gasteiger partial charge in [-0.1, -0.05) is 31.7 Å². The van der Waals surface area contributed by atoms with Crippen LogP contribution in [0.5, 0.6) is 5.75 Å². The van der Waals surface area contributed by atoms with Gasteiger partial charge >= 0.3 is 5.69 Å². The Balaban J connectivity index is 1.82. The summed E-state index contributed by atoms with van der Waals surface area (Å²) in [6.07, 6.45) is 6.40. The standard InChI is InChI=1S/C17H22N2O5/c20-15-13(6-5-7-14(15)19(22)23)16(21)18-10-11-24-17(12-18)8-3-1-2-4-9-17/h5-7,20H,1-4,8-12H2. The first-order valence-corrected chi connectivity index (χ1v) is 8.42. The molecule has 2 aliphatic rings. The molecule has 1 spiro atoms. The third kappa shape index (κ3) is 3.21. The van der Waals surface area contributed by atoms with E-state index in [1.165, 1.54) is 31.0 Å². The fourth-order valence-corrected chi connectivity index (χ4v) is 3.72. The van der Waals surface area contributed by atoms with Crippen molar-refractivity contribution < 1.29 is 19.6 Å². The number of carbonyl (C=O) groups is 1. The first-order valence-electron chi connectivity index (χ1n) is 8.42. The van der Waals surface area contributed by atoms with E-state index in [-0.39, 0.29) is 17.1 Å². The van der Waals surface area contributed by atoms with Gasteiger partial charge < -0.3 is 14.7 Å². The van der Waals surface area contributed by atoms with Gasteiger partial charge in [0.2, 0.25) is 5.75 Å². The third-order valence-corrected chi connectivity index (χ3v) is 4.99. The lowest BCUT2D eigenvalue weighted by Gasteiger charge is -2.42. The van der Waals surface area contributed by atoms with Gasteiger partial charge in [-0.2, -0.15) is 0 Å². The molecule has 0 unspecified atom stereocenters. The third-order valence-electron chi connectivity index (χ3n) is 4.99. The van der Waals surface area contributed by atoms with Crippen LogP contribution in [0.4, 0.5) is 5.69 Å². The largest absolute Gasteiger partial charge is 0.502 e. The molecule has 7 heteroatoms. The van der Waals surface area contributed by atoms with E-state index in [2.05, 4.69) is 0 Å². The number of benzene rings is 1. The number of rotatable bonds is 2. The quantitative estimate of drug-likeness (QED) is 0.663. The second kappa shape index (κ2) is 6.76. The number of morpholine rings is 1.